The van der Waals surface area contributed by atoms with Crippen LogP contribution < -0.4 is 10.2 Å². The van der Waals surface area contributed by atoms with Crippen LogP contribution in [0, 0.1) is 5.82 Å². The van der Waals surface area contributed by atoms with Crippen molar-refractivity contribution < 1.29 is 9.13 Å². The molecule has 0 spiro atoms. The fourth-order valence-electron chi connectivity index (χ4n) is 1.99. The van der Waals surface area contributed by atoms with Crippen molar-refractivity contribution in [2.45, 2.75) is 39.4 Å². The van der Waals surface area contributed by atoms with Crippen LogP contribution in [-0.2, 0) is 11.3 Å². The Kier molecular flexibility index (Phi) is 6.25. The highest BCUT2D eigenvalue weighted by molar-refractivity contribution is 5.55. The van der Waals surface area contributed by atoms with E-state index in [-0.39, 0.29) is 11.9 Å². The van der Waals surface area contributed by atoms with E-state index in [0.717, 1.165) is 5.56 Å². The minimum absolute atomic E-state index is 0.125. The van der Waals surface area contributed by atoms with Gasteiger partial charge in [0.1, 0.15) is 5.82 Å². The number of hydrogen-bond donors (Lipinski definition) is 1. The quantitative estimate of drug-likeness (QED) is 0.823. The summed E-state index contributed by atoms with van der Waals surface area (Å²) in [5, 5.41) is 3.33. The predicted molar refractivity (Wildman–Crippen MR) is 78.1 cm³/mol. The molecule has 0 aliphatic carbocycles. The number of methoxy groups -OCH3 is 1. The number of para-hydroxylation sites is 1. The Morgan fingerprint density at radius 3 is 2.58 bits per heavy atom. The van der Waals surface area contributed by atoms with E-state index in [1.54, 1.807) is 13.2 Å². The Hall–Kier alpha value is -1.13. The zero-order valence-electron chi connectivity index (χ0n) is 12.5. The van der Waals surface area contributed by atoms with E-state index in [4.69, 9.17) is 4.74 Å². The van der Waals surface area contributed by atoms with Gasteiger partial charge < -0.3 is 15.0 Å². The summed E-state index contributed by atoms with van der Waals surface area (Å²) >= 11 is 0. The van der Waals surface area contributed by atoms with Gasteiger partial charge in [0.2, 0.25) is 0 Å². The highest BCUT2D eigenvalue weighted by Crippen LogP contribution is 2.25. The minimum Gasteiger partial charge on any atom is -0.383 e. The minimum atomic E-state index is -0.187. The van der Waals surface area contributed by atoms with Crippen molar-refractivity contribution in [2.24, 2.45) is 0 Å². The van der Waals surface area contributed by atoms with Gasteiger partial charge in [0.05, 0.1) is 12.3 Å². The fraction of sp³-hybridized carbons (Fsp3) is 0.600. The Bertz CT molecular complexity index is 396. The fourth-order valence-corrected chi connectivity index (χ4v) is 1.99. The molecule has 0 aliphatic rings. The van der Waals surface area contributed by atoms with Gasteiger partial charge in [-0.05, 0) is 18.6 Å². The van der Waals surface area contributed by atoms with Gasteiger partial charge in [-0.15, -0.1) is 0 Å². The third-order valence-corrected chi connectivity index (χ3v) is 3.19. The van der Waals surface area contributed by atoms with Crippen molar-refractivity contribution in [3.63, 3.8) is 0 Å². The molecule has 1 atom stereocenters. The highest BCUT2D eigenvalue weighted by Gasteiger charge is 2.17. The standard InChI is InChI=1S/C15H25FN2O/c1-11(2)17-9-13-7-6-8-14(16)15(13)18(4)12(3)10-19-5/h6-8,11-12,17H,9-10H2,1-5H3. The number of likely N-dealkylation sites (N-methyl/N-ethyl adjacent to an activating group) is 1. The van der Waals surface area contributed by atoms with Crippen LogP contribution in [0.2, 0.25) is 0 Å². The summed E-state index contributed by atoms with van der Waals surface area (Å²) in [7, 11) is 3.56. The average Bonchev–Trinajstić information content (AvgIpc) is 2.35. The van der Waals surface area contributed by atoms with Crippen LogP contribution in [-0.4, -0.2) is 32.8 Å². The van der Waals surface area contributed by atoms with Gasteiger partial charge in [-0.1, -0.05) is 26.0 Å². The maximum absolute atomic E-state index is 14.1. The highest BCUT2D eigenvalue weighted by atomic mass is 19.1. The third-order valence-electron chi connectivity index (χ3n) is 3.19. The van der Waals surface area contributed by atoms with E-state index in [1.165, 1.54) is 6.07 Å². The van der Waals surface area contributed by atoms with E-state index < -0.39 is 0 Å². The molecular formula is C15H25FN2O. The monoisotopic (exact) mass is 268 g/mol. The lowest BCUT2D eigenvalue weighted by atomic mass is 10.1. The molecule has 0 amide bonds. The van der Waals surface area contributed by atoms with Gasteiger partial charge >= 0.3 is 0 Å². The van der Waals surface area contributed by atoms with Crippen LogP contribution in [0.25, 0.3) is 0 Å². The topological polar surface area (TPSA) is 24.5 Å². The molecular weight excluding hydrogens is 243 g/mol. The molecule has 4 heteroatoms. The van der Waals surface area contributed by atoms with E-state index in [0.29, 0.717) is 24.9 Å². The zero-order chi connectivity index (χ0) is 14.4. The van der Waals surface area contributed by atoms with Gasteiger partial charge in [0, 0.05) is 32.8 Å². The Morgan fingerprint density at radius 2 is 2.00 bits per heavy atom. The van der Waals surface area contributed by atoms with Crippen molar-refractivity contribution in [3.8, 4) is 0 Å². The summed E-state index contributed by atoms with van der Waals surface area (Å²) in [5.41, 5.74) is 1.62. The van der Waals surface area contributed by atoms with E-state index >= 15 is 0 Å². The first-order valence-electron chi connectivity index (χ1n) is 6.70. The zero-order valence-corrected chi connectivity index (χ0v) is 12.5. The molecule has 3 nitrogen and oxygen atoms in total. The third kappa shape index (κ3) is 4.48. The van der Waals surface area contributed by atoms with E-state index in [9.17, 15) is 4.39 Å². The van der Waals surface area contributed by atoms with Crippen molar-refractivity contribution in [3.05, 3.63) is 29.6 Å². The molecule has 1 rings (SSSR count). The second-order valence-electron chi connectivity index (χ2n) is 5.20. The van der Waals surface area contributed by atoms with Gasteiger partial charge in [-0.3, -0.25) is 0 Å². The number of anilines is 1. The molecule has 0 bridgehead atoms. The maximum atomic E-state index is 14.1. The Labute approximate surface area is 115 Å². The summed E-state index contributed by atoms with van der Waals surface area (Å²) in [4.78, 5) is 1.94. The van der Waals surface area contributed by atoms with Crippen molar-refractivity contribution in [2.75, 3.05) is 25.7 Å². The van der Waals surface area contributed by atoms with Crippen molar-refractivity contribution in [1.82, 2.24) is 5.32 Å². The lowest BCUT2D eigenvalue weighted by Crippen LogP contribution is -2.34. The molecule has 19 heavy (non-hydrogen) atoms. The number of rotatable bonds is 7. The van der Waals surface area contributed by atoms with Crippen molar-refractivity contribution in [1.29, 1.82) is 0 Å². The SMILES string of the molecule is COCC(C)N(C)c1c(F)cccc1CNC(C)C. The molecule has 0 fully saturated rings. The predicted octanol–water partition coefficient (Wildman–Crippen LogP) is 2.79. The average molecular weight is 268 g/mol. The molecule has 1 aromatic rings. The molecule has 1 N–H and O–H groups in total. The number of ether oxygens (including phenoxy) is 1. The molecule has 0 aromatic heterocycles. The lowest BCUT2D eigenvalue weighted by molar-refractivity contribution is 0.183. The van der Waals surface area contributed by atoms with Gasteiger partial charge in [-0.2, -0.15) is 0 Å². The summed E-state index contributed by atoms with van der Waals surface area (Å²) in [6.07, 6.45) is 0. The first kappa shape index (κ1) is 15.9. The molecule has 0 radical (unpaired) electrons. The molecule has 0 saturated carbocycles. The summed E-state index contributed by atoms with van der Waals surface area (Å²) in [6.45, 7) is 7.42. The Balaban J connectivity index is 2.96. The Morgan fingerprint density at radius 1 is 1.32 bits per heavy atom. The van der Waals surface area contributed by atoms with Crippen LogP contribution in [0.15, 0.2) is 18.2 Å². The van der Waals surface area contributed by atoms with Gasteiger partial charge in [0.25, 0.3) is 0 Å². The first-order chi connectivity index (χ1) is 8.97. The summed E-state index contributed by atoms with van der Waals surface area (Å²) in [5.74, 6) is -0.187. The van der Waals surface area contributed by atoms with E-state index in [2.05, 4.69) is 19.2 Å². The maximum Gasteiger partial charge on any atom is 0.146 e. The number of nitrogens with zero attached hydrogens (tertiary/aromatic N) is 1. The van der Waals surface area contributed by atoms with Gasteiger partial charge in [-0.25, -0.2) is 4.39 Å². The first-order valence-corrected chi connectivity index (χ1v) is 6.70. The van der Waals surface area contributed by atoms with Crippen LogP contribution in [0.3, 0.4) is 0 Å². The molecule has 0 saturated heterocycles. The van der Waals surface area contributed by atoms with Crippen LogP contribution in [0.5, 0.6) is 0 Å². The second kappa shape index (κ2) is 7.46. The van der Waals surface area contributed by atoms with Crippen molar-refractivity contribution >= 4 is 5.69 Å². The van der Waals surface area contributed by atoms with E-state index in [1.807, 2.05) is 24.9 Å². The molecule has 1 aromatic carbocycles. The normalized spacial score (nSPS) is 12.8. The number of hydrogen-bond acceptors (Lipinski definition) is 3. The van der Waals surface area contributed by atoms with Gasteiger partial charge in [0.15, 0.2) is 0 Å². The number of benzene rings is 1. The molecule has 0 aliphatic heterocycles. The smallest absolute Gasteiger partial charge is 0.146 e. The second-order valence-corrected chi connectivity index (χ2v) is 5.20. The molecule has 1 unspecified atom stereocenters. The largest absolute Gasteiger partial charge is 0.383 e. The lowest BCUT2D eigenvalue weighted by Gasteiger charge is -2.29. The van der Waals surface area contributed by atoms with Crippen LogP contribution >= 0.6 is 0 Å². The summed E-state index contributed by atoms with van der Waals surface area (Å²) in [6, 6.07) is 5.72. The number of halogens is 1. The number of nitrogens with one attached hydrogen (secondary N) is 1. The summed E-state index contributed by atoms with van der Waals surface area (Å²) < 4.78 is 19.3. The molecule has 0 heterocycles. The van der Waals surface area contributed by atoms with Crippen LogP contribution in [0.1, 0.15) is 26.3 Å². The van der Waals surface area contributed by atoms with Crippen LogP contribution in [0.4, 0.5) is 10.1 Å². The molecule has 108 valence electrons.